The Morgan fingerprint density at radius 2 is 1.76 bits per heavy atom. The molecule has 17 heavy (non-hydrogen) atoms. The van der Waals surface area contributed by atoms with E-state index >= 15 is 0 Å². The summed E-state index contributed by atoms with van der Waals surface area (Å²) in [5.74, 6) is -1.08. The lowest BCUT2D eigenvalue weighted by molar-refractivity contribution is -0.142. The monoisotopic (exact) mass is 247 g/mol. The van der Waals surface area contributed by atoms with E-state index < -0.39 is 23.3 Å². The molecule has 1 unspecified atom stereocenters. The molecule has 0 heterocycles. The summed E-state index contributed by atoms with van der Waals surface area (Å²) >= 11 is 0. The Balaban J connectivity index is 3.91. The average molecular weight is 247 g/mol. The van der Waals surface area contributed by atoms with Gasteiger partial charge in [-0.1, -0.05) is 0 Å². The Morgan fingerprint density at radius 1 is 1.24 bits per heavy atom. The molecule has 0 aromatic heterocycles. The van der Waals surface area contributed by atoms with Gasteiger partial charge in [0.2, 0.25) is 0 Å². The molecular weight excluding hydrogens is 226 g/mol. The molecule has 0 fully saturated rings. The van der Waals surface area contributed by atoms with Gasteiger partial charge in [-0.05, 0) is 34.1 Å². The fourth-order valence-corrected chi connectivity index (χ4v) is 1.16. The average Bonchev–Trinajstić information content (AvgIpc) is 1.95. The zero-order chi connectivity index (χ0) is 13.7. The van der Waals surface area contributed by atoms with Crippen molar-refractivity contribution < 1.29 is 24.5 Å². The maximum atomic E-state index is 11.2. The highest BCUT2D eigenvalue weighted by Gasteiger charge is 2.24. The van der Waals surface area contributed by atoms with Crippen LogP contribution in [0.15, 0.2) is 0 Å². The predicted molar refractivity (Wildman–Crippen MR) is 61.7 cm³/mol. The number of alkyl carbamates (subject to hydrolysis) is 1. The van der Waals surface area contributed by atoms with Gasteiger partial charge in [-0.2, -0.15) is 0 Å². The molecule has 100 valence electrons. The van der Waals surface area contributed by atoms with E-state index in [1.54, 1.807) is 20.8 Å². The maximum Gasteiger partial charge on any atom is 0.407 e. The van der Waals surface area contributed by atoms with Crippen LogP contribution in [0.2, 0.25) is 0 Å². The molecule has 0 radical (unpaired) electrons. The summed E-state index contributed by atoms with van der Waals surface area (Å²) in [4.78, 5) is 21.7. The molecule has 0 bridgehead atoms. The van der Waals surface area contributed by atoms with Gasteiger partial charge in [0.1, 0.15) is 5.60 Å². The number of aliphatic hydroxyl groups is 1. The number of rotatable bonds is 5. The van der Waals surface area contributed by atoms with Crippen molar-refractivity contribution >= 4 is 12.1 Å². The summed E-state index contributed by atoms with van der Waals surface area (Å²) in [7, 11) is 0. The number of carboxylic acid groups (broad SMARTS) is 1. The second-order valence-electron chi connectivity index (χ2n) is 5.25. The number of hydrogen-bond donors (Lipinski definition) is 3. The van der Waals surface area contributed by atoms with Crippen LogP contribution in [0.25, 0.3) is 0 Å². The molecule has 0 aromatic carbocycles. The van der Waals surface area contributed by atoms with Crippen LogP contribution in [0.1, 0.15) is 40.5 Å². The Hall–Kier alpha value is -1.30. The van der Waals surface area contributed by atoms with Gasteiger partial charge >= 0.3 is 12.1 Å². The summed E-state index contributed by atoms with van der Waals surface area (Å²) in [5, 5.41) is 20.7. The van der Waals surface area contributed by atoms with Crippen LogP contribution in [0.5, 0.6) is 0 Å². The smallest absolute Gasteiger partial charge is 0.407 e. The lowest BCUT2D eigenvalue weighted by Crippen LogP contribution is -2.37. The molecule has 0 rings (SSSR count). The van der Waals surface area contributed by atoms with E-state index in [0.29, 0.717) is 0 Å². The van der Waals surface area contributed by atoms with Crippen molar-refractivity contribution in [1.82, 2.24) is 5.32 Å². The van der Waals surface area contributed by atoms with Gasteiger partial charge < -0.3 is 20.3 Å². The number of carbonyl (C=O) groups is 2. The van der Waals surface area contributed by atoms with E-state index in [-0.39, 0.29) is 19.4 Å². The number of nitrogens with one attached hydrogen (secondary N) is 1. The number of amides is 1. The van der Waals surface area contributed by atoms with Crippen LogP contribution in [0.4, 0.5) is 4.79 Å². The standard InChI is InChI=1S/C11H21NO5/c1-10(2,3)17-9(15)12-6-5-11(4,16)7-8(13)14/h16H,5-7H2,1-4H3,(H,12,15)(H,13,14). The van der Waals surface area contributed by atoms with Crippen LogP contribution in [0, 0.1) is 0 Å². The molecule has 3 N–H and O–H groups in total. The second-order valence-corrected chi connectivity index (χ2v) is 5.25. The minimum Gasteiger partial charge on any atom is -0.481 e. The van der Waals surface area contributed by atoms with E-state index in [2.05, 4.69) is 5.32 Å². The third-order valence-corrected chi connectivity index (χ3v) is 1.86. The largest absolute Gasteiger partial charge is 0.481 e. The van der Waals surface area contributed by atoms with E-state index in [1.807, 2.05) is 0 Å². The number of carbonyl (C=O) groups excluding carboxylic acids is 1. The van der Waals surface area contributed by atoms with E-state index in [9.17, 15) is 14.7 Å². The number of ether oxygens (including phenoxy) is 1. The highest BCUT2D eigenvalue weighted by atomic mass is 16.6. The zero-order valence-electron chi connectivity index (χ0n) is 10.7. The molecule has 6 heteroatoms. The third kappa shape index (κ3) is 9.62. The van der Waals surface area contributed by atoms with Crippen molar-refractivity contribution in [3.63, 3.8) is 0 Å². The maximum absolute atomic E-state index is 11.2. The van der Waals surface area contributed by atoms with Crippen molar-refractivity contribution in [3.05, 3.63) is 0 Å². The molecule has 1 atom stereocenters. The summed E-state index contributed by atoms with van der Waals surface area (Å²) in [6.45, 7) is 6.81. The van der Waals surface area contributed by atoms with Crippen molar-refractivity contribution in [3.8, 4) is 0 Å². The first-order valence-corrected chi connectivity index (χ1v) is 5.43. The fourth-order valence-electron chi connectivity index (χ4n) is 1.16. The molecule has 0 aliphatic carbocycles. The van der Waals surface area contributed by atoms with Crippen LogP contribution < -0.4 is 5.32 Å². The Kier molecular flexibility index (Phi) is 5.41. The Bertz CT molecular complexity index is 280. The van der Waals surface area contributed by atoms with Crippen LogP contribution in [0.3, 0.4) is 0 Å². The first-order valence-electron chi connectivity index (χ1n) is 5.43. The summed E-state index contributed by atoms with van der Waals surface area (Å²) < 4.78 is 4.99. The molecule has 0 saturated carbocycles. The lowest BCUT2D eigenvalue weighted by Gasteiger charge is -2.23. The highest BCUT2D eigenvalue weighted by Crippen LogP contribution is 2.13. The van der Waals surface area contributed by atoms with Gasteiger partial charge in [-0.25, -0.2) is 4.79 Å². The van der Waals surface area contributed by atoms with Gasteiger partial charge in [0, 0.05) is 6.54 Å². The Morgan fingerprint density at radius 3 is 2.18 bits per heavy atom. The fraction of sp³-hybridized carbons (Fsp3) is 0.818. The molecule has 6 nitrogen and oxygen atoms in total. The van der Waals surface area contributed by atoms with Gasteiger partial charge in [0.15, 0.2) is 0 Å². The molecule has 0 spiro atoms. The summed E-state index contributed by atoms with van der Waals surface area (Å²) in [6, 6.07) is 0. The molecule has 0 aliphatic rings. The Labute approximate surface area is 101 Å². The number of carboxylic acids is 1. The third-order valence-electron chi connectivity index (χ3n) is 1.86. The highest BCUT2D eigenvalue weighted by molar-refractivity contribution is 5.68. The normalized spacial score (nSPS) is 14.9. The second kappa shape index (κ2) is 5.86. The molecule has 0 aromatic rings. The van der Waals surface area contributed by atoms with Gasteiger partial charge in [0.25, 0.3) is 0 Å². The van der Waals surface area contributed by atoms with Gasteiger partial charge in [0.05, 0.1) is 12.0 Å². The zero-order valence-corrected chi connectivity index (χ0v) is 10.7. The van der Waals surface area contributed by atoms with Crippen LogP contribution in [-0.2, 0) is 9.53 Å². The van der Waals surface area contributed by atoms with Gasteiger partial charge in [-0.15, -0.1) is 0 Å². The van der Waals surface area contributed by atoms with E-state index in [4.69, 9.17) is 9.84 Å². The van der Waals surface area contributed by atoms with Crippen molar-refractivity contribution in [2.75, 3.05) is 6.54 Å². The minimum absolute atomic E-state index is 0.151. The van der Waals surface area contributed by atoms with Crippen LogP contribution >= 0.6 is 0 Å². The lowest BCUT2D eigenvalue weighted by atomic mass is 9.98. The number of hydrogen-bond acceptors (Lipinski definition) is 4. The van der Waals surface area contributed by atoms with E-state index in [0.717, 1.165) is 0 Å². The first-order chi connectivity index (χ1) is 7.52. The minimum atomic E-state index is -1.33. The number of aliphatic carboxylic acids is 1. The molecule has 1 amide bonds. The first kappa shape index (κ1) is 15.7. The molecular formula is C11H21NO5. The van der Waals surface area contributed by atoms with Crippen molar-refractivity contribution in [2.24, 2.45) is 0 Å². The molecule has 0 saturated heterocycles. The topological polar surface area (TPSA) is 95.9 Å². The quantitative estimate of drug-likeness (QED) is 0.676. The molecule has 0 aliphatic heterocycles. The summed E-state index contributed by atoms with van der Waals surface area (Å²) in [5.41, 5.74) is -1.91. The predicted octanol–water partition coefficient (Wildman–Crippen LogP) is 1.13. The van der Waals surface area contributed by atoms with Gasteiger partial charge in [-0.3, -0.25) is 4.79 Å². The van der Waals surface area contributed by atoms with Crippen molar-refractivity contribution in [1.29, 1.82) is 0 Å². The van der Waals surface area contributed by atoms with Crippen LogP contribution in [-0.4, -0.2) is 40.0 Å². The van der Waals surface area contributed by atoms with E-state index in [1.165, 1.54) is 6.92 Å². The summed E-state index contributed by atoms with van der Waals surface area (Å²) in [6.07, 6.45) is -0.787. The SMILES string of the molecule is CC(O)(CCNC(=O)OC(C)(C)C)CC(=O)O. The van der Waals surface area contributed by atoms with Crippen molar-refractivity contribution in [2.45, 2.75) is 51.7 Å².